The molecule has 24 heavy (non-hydrogen) atoms. The maximum absolute atomic E-state index is 11.9. The van der Waals surface area contributed by atoms with Gasteiger partial charge in [-0.3, -0.25) is 9.59 Å². The van der Waals surface area contributed by atoms with Crippen LogP contribution in [0.4, 0.5) is 0 Å². The molecule has 0 spiro atoms. The minimum absolute atomic E-state index is 0. The molecule has 0 unspecified atom stereocenters. The van der Waals surface area contributed by atoms with E-state index in [4.69, 9.17) is 5.73 Å². The van der Waals surface area contributed by atoms with E-state index in [1.807, 2.05) is 35.4 Å². The molecule has 1 atom stereocenters. The van der Waals surface area contributed by atoms with Crippen molar-refractivity contribution in [3.05, 3.63) is 35.4 Å². The average molecular weight is 372 g/mol. The van der Waals surface area contributed by atoms with E-state index in [2.05, 4.69) is 5.32 Å². The molecule has 2 amide bonds. The van der Waals surface area contributed by atoms with Gasteiger partial charge in [0.05, 0.1) is 6.04 Å². The highest BCUT2D eigenvalue weighted by atomic mass is 35.5. The average Bonchev–Trinajstić information content (AvgIpc) is 2.95. The molecule has 1 fully saturated rings. The fourth-order valence-electron chi connectivity index (χ4n) is 2.63. The highest BCUT2D eigenvalue weighted by Gasteiger charge is 2.20. The smallest absolute Gasteiger partial charge is 0.237 e. The molecule has 1 heterocycles. The highest BCUT2D eigenvalue weighted by Crippen LogP contribution is 2.15. The molecule has 3 N–H and O–H groups in total. The standard InChI is InChI=1S/C17H25N3O2S.ClH/c1-23-9-7-15(18)17(22)19-11-13-4-2-5-14(10-13)12-20-8-3-6-16(20)21;/h2,4-5,10,15H,3,6-9,11-12,18H2,1H3,(H,19,22);1H/t15-;/m0./s1. The second kappa shape index (κ2) is 10.6. The van der Waals surface area contributed by atoms with Crippen molar-refractivity contribution in [1.29, 1.82) is 0 Å². The number of rotatable bonds is 8. The summed E-state index contributed by atoms with van der Waals surface area (Å²) in [6, 6.07) is 7.54. The number of hydrogen-bond acceptors (Lipinski definition) is 4. The summed E-state index contributed by atoms with van der Waals surface area (Å²) in [7, 11) is 0. The number of carbonyl (C=O) groups excluding carboxylic acids is 2. The Balaban J connectivity index is 0.00000288. The van der Waals surface area contributed by atoms with Crippen molar-refractivity contribution in [2.24, 2.45) is 5.73 Å². The molecule has 1 aromatic rings. The normalized spacial score (nSPS) is 15.1. The summed E-state index contributed by atoms with van der Waals surface area (Å²) in [6.07, 6.45) is 4.29. The topological polar surface area (TPSA) is 75.4 Å². The third-order valence-corrected chi connectivity index (χ3v) is 4.62. The zero-order chi connectivity index (χ0) is 16.7. The number of amides is 2. The lowest BCUT2D eigenvalue weighted by Gasteiger charge is -2.16. The van der Waals surface area contributed by atoms with Crippen molar-refractivity contribution < 1.29 is 9.59 Å². The minimum atomic E-state index is -0.451. The van der Waals surface area contributed by atoms with Gasteiger partial charge in [0.2, 0.25) is 11.8 Å². The van der Waals surface area contributed by atoms with E-state index in [9.17, 15) is 9.59 Å². The van der Waals surface area contributed by atoms with Gasteiger partial charge in [0, 0.05) is 26.1 Å². The van der Waals surface area contributed by atoms with Crippen LogP contribution in [0.25, 0.3) is 0 Å². The summed E-state index contributed by atoms with van der Waals surface area (Å²) in [5, 5.41) is 2.88. The SMILES string of the molecule is CSCC[C@H](N)C(=O)NCc1cccc(CN2CCCC2=O)c1.Cl. The Morgan fingerprint density at radius 2 is 2.17 bits per heavy atom. The fourth-order valence-corrected chi connectivity index (χ4v) is 3.12. The first-order chi connectivity index (χ1) is 11.1. The molecule has 2 rings (SSSR count). The van der Waals surface area contributed by atoms with Gasteiger partial charge in [-0.05, 0) is 36.0 Å². The first kappa shape index (κ1) is 20.8. The van der Waals surface area contributed by atoms with Gasteiger partial charge in [0.15, 0.2) is 0 Å². The van der Waals surface area contributed by atoms with Crippen LogP contribution in [0.2, 0.25) is 0 Å². The number of nitrogens with one attached hydrogen (secondary N) is 1. The Hall–Kier alpha value is -1.24. The van der Waals surface area contributed by atoms with Crippen LogP contribution in [0, 0.1) is 0 Å². The monoisotopic (exact) mass is 371 g/mol. The fraction of sp³-hybridized carbons (Fsp3) is 0.529. The maximum Gasteiger partial charge on any atom is 0.237 e. The lowest BCUT2D eigenvalue weighted by molar-refractivity contribution is -0.128. The van der Waals surface area contributed by atoms with E-state index in [-0.39, 0.29) is 24.2 Å². The molecule has 5 nitrogen and oxygen atoms in total. The molecule has 1 saturated heterocycles. The first-order valence-electron chi connectivity index (χ1n) is 7.98. The first-order valence-corrected chi connectivity index (χ1v) is 9.37. The third kappa shape index (κ3) is 6.34. The Morgan fingerprint density at radius 3 is 2.83 bits per heavy atom. The van der Waals surface area contributed by atoms with Crippen LogP contribution in [0.15, 0.2) is 24.3 Å². The summed E-state index contributed by atoms with van der Waals surface area (Å²) in [5.74, 6) is 0.996. The summed E-state index contributed by atoms with van der Waals surface area (Å²) >= 11 is 1.69. The van der Waals surface area contributed by atoms with E-state index >= 15 is 0 Å². The number of likely N-dealkylation sites (tertiary alicyclic amines) is 1. The minimum Gasteiger partial charge on any atom is -0.351 e. The molecular weight excluding hydrogens is 346 g/mol. The molecule has 0 bridgehead atoms. The molecule has 1 aromatic carbocycles. The molecule has 7 heteroatoms. The summed E-state index contributed by atoms with van der Waals surface area (Å²) < 4.78 is 0. The van der Waals surface area contributed by atoms with Crippen LogP contribution >= 0.6 is 24.2 Å². The molecule has 134 valence electrons. The van der Waals surface area contributed by atoms with Crippen molar-refractivity contribution in [1.82, 2.24) is 10.2 Å². The zero-order valence-corrected chi connectivity index (χ0v) is 15.6. The van der Waals surface area contributed by atoms with Crippen molar-refractivity contribution in [2.45, 2.75) is 38.4 Å². The van der Waals surface area contributed by atoms with Gasteiger partial charge in [0.25, 0.3) is 0 Å². The number of hydrogen-bond donors (Lipinski definition) is 2. The van der Waals surface area contributed by atoms with Crippen LogP contribution in [0.3, 0.4) is 0 Å². The zero-order valence-electron chi connectivity index (χ0n) is 14.0. The van der Waals surface area contributed by atoms with Gasteiger partial charge < -0.3 is 16.0 Å². The van der Waals surface area contributed by atoms with E-state index in [1.165, 1.54) is 0 Å². The Morgan fingerprint density at radius 1 is 1.42 bits per heavy atom. The van der Waals surface area contributed by atoms with E-state index in [0.29, 0.717) is 25.9 Å². The molecule has 0 aromatic heterocycles. The molecule has 1 aliphatic rings. The van der Waals surface area contributed by atoms with Gasteiger partial charge in [-0.15, -0.1) is 12.4 Å². The van der Waals surface area contributed by atoms with Crippen LogP contribution in [0.5, 0.6) is 0 Å². The van der Waals surface area contributed by atoms with Gasteiger partial charge in [-0.2, -0.15) is 11.8 Å². The molecule has 1 aliphatic heterocycles. The van der Waals surface area contributed by atoms with E-state index < -0.39 is 6.04 Å². The van der Waals surface area contributed by atoms with Crippen molar-refractivity contribution in [3.63, 3.8) is 0 Å². The van der Waals surface area contributed by atoms with Gasteiger partial charge in [0.1, 0.15) is 0 Å². The lowest BCUT2D eigenvalue weighted by Crippen LogP contribution is -2.40. The quantitative estimate of drug-likeness (QED) is 0.732. The van der Waals surface area contributed by atoms with Crippen molar-refractivity contribution in [3.8, 4) is 0 Å². The number of halogens is 1. The third-order valence-electron chi connectivity index (χ3n) is 3.97. The number of thioether (sulfide) groups is 1. The second-order valence-corrected chi connectivity index (χ2v) is 6.83. The Kier molecular flexibility index (Phi) is 9.18. The largest absolute Gasteiger partial charge is 0.351 e. The van der Waals surface area contributed by atoms with Gasteiger partial charge in [-0.1, -0.05) is 24.3 Å². The number of nitrogens with zero attached hydrogens (tertiary/aromatic N) is 1. The maximum atomic E-state index is 11.9. The van der Waals surface area contributed by atoms with Crippen LogP contribution < -0.4 is 11.1 Å². The van der Waals surface area contributed by atoms with Crippen LogP contribution in [-0.4, -0.2) is 41.3 Å². The number of carbonyl (C=O) groups is 2. The predicted molar refractivity (Wildman–Crippen MR) is 101 cm³/mol. The highest BCUT2D eigenvalue weighted by molar-refractivity contribution is 7.98. The van der Waals surface area contributed by atoms with E-state index in [1.54, 1.807) is 11.8 Å². The van der Waals surface area contributed by atoms with E-state index in [0.717, 1.165) is 29.8 Å². The van der Waals surface area contributed by atoms with Gasteiger partial charge in [-0.25, -0.2) is 0 Å². The predicted octanol–water partition coefficient (Wildman–Crippen LogP) is 1.93. The van der Waals surface area contributed by atoms with Crippen LogP contribution in [0.1, 0.15) is 30.4 Å². The number of nitrogens with two attached hydrogens (primary N) is 1. The lowest BCUT2D eigenvalue weighted by atomic mass is 10.1. The number of benzene rings is 1. The van der Waals surface area contributed by atoms with Crippen molar-refractivity contribution >= 4 is 36.0 Å². The Labute approximate surface area is 154 Å². The molecule has 0 aliphatic carbocycles. The van der Waals surface area contributed by atoms with Crippen molar-refractivity contribution in [2.75, 3.05) is 18.6 Å². The summed E-state index contributed by atoms with van der Waals surface area (Å²) in [4.78, 5) is 25.5. The second-order valence-electron chi connectivity index (χ2n) is 5.84. The summed E-state index contributed by atoms with van der Waals surface area (Å²) in [5.41, 5.74) is 7.98. The molecular formula is C17H26ClN3O2S. The summed E-state index contributed by atoms with van der Waals surface area (Å²) in [6.45, 7) is 1.95. The molecule has 0 saturated carbocycles. The van der Waals surface area contributed by atoms with Gasteiger partial charge >= 0.3 is 0 Å². The van der Waals surface area contributed by atoms with Crippen LogP contribution in [-0.2, 0) is 22.7 Å². The molecule has 0 radical (unpaired) electrons. The Bertz CT molecular complexity index is 556.